The van der Waals surface area contributed by atoms with Gasteiger partial charge in [-0.05, 0) is 26.7 Å². The second kappa shape index (κ2) is 8.77. The zero-order valence-corrected chi connectivity index (χ0v) is 15.4. The largest absolute Gasteiger partial charge is 0.389 e. The van der Waals surface area contributed by atoms with Gasteiger partial charge in [0.2, 0.25) is 0 Å². The molecule has 1 aromatic carbocycles. The van der Waals surface area contributed by atoms with E-state index in [2.05, 4.69) is 26.5 Å². The van der Waals surface area contributed by atoms with E-state index >= 15 is 0 Å². The molecule has 138 valence electrons. The number of benzene rings is 1. The average Bonchev–Trinajstić information content (AvgIpc) is 2.61. The highest BCUT2D eigenvalue weighted by molar-refractivity contribution is 5.16. The van der Waals surface area contributed by atoms with Gasteiger partial charge in [-0.25, -0.2) is 0 Å². The number of hydrogen-bond donors (Lipinski definition) is 2. The summed E-state index contributed by atoms with van der Waals surface area (Å²) in [5.41, 5.74) is 1.56. The van der Waals surface area contributed by atoms with Gasteiger partial charge in [0.15, 0.2) is 6.29 Å². The van der Waals surface area contributed by atoms with Crippen LogP contribution in [0.1, 0.15) is 45.5 Å². The van der Waals surface area contributed by atoms with Gasteiger partial charge >= 0.3 is 0 Å². The summed E-state index contributed by atoms with van der Waals surface area (Å²) in [4.78, 5) is 0. The van der Waals surface area contributed by atoms with Gasteiger partial charge in [-0.15, -0.1) is 6.58 Å². The molecule has 1 saturated heterocycles. The predicted octanol–water partition coefficient (Wildman–Crippen LogP) is 3.76. The monoisotopic (exact) mass is 346 g/mol. The van der Waals surface area contributed by atoms with E-state index in [1.165, 1.54) is 5.57 Å². The standard InChI is InChI=1S/C21H30O4/c1-5-21(4,13-9-10-15(2)3)19(23)18-17(22)14-24-20(25-18)16-11-7-6-8-12-16/h5-8,10-12,17-20,22-23H,1,9,13-14H2,2-4H3/t17-,18+,19-,20+,21+/m1/s1. The molecule has 0 spiro atoms. The Hall–Kier alpha value is -1.46. The molecule has 1 aliphatic rings. The van der Waals surface area contributed by atoms with Crippen LogP contribution in [0.4, 0.5) is 0 Å². The van der Waals surface area contributed by atoms with Crippen molar-refractivity contribution in [1.82, 2.24) is 0 Å². The Morgan fingerprint density at radius 3 is 2.64 bits per heavy atom. The zero-order chi connectivity index (χ0) is 18.4. The molecule has 0 saturated carbocycles. The van der Waals surface area contributed by atoms with E-state index in [1.807, 2.05) is 37.3 Å². The number of hydrogen-bond acceptors (Lipinski definition) is 4. The molecule has 4 heteroatoms. The number of ether oxygens (including phenoxy) is 2. The second-order valence-electron chi connectivity index (χ2n) is 7.22. The van der Waals surface area contributed by atoms with Crippen molar-refractivity contribution in [2.45, 2.75) is 58.2 Å². The molecule has 0 bridgehead atoms. The number of rotatable bonds is 7. The molecule has 1 heterocycles. The van der Waals surface area contributed by atoms with Crippen molar-refractivity contribution in [3.8, 4) is 0 Å². The summed E-state index contributed by atoms with van der Waals surface area (Å²) in [6.45, 7) is 10.1. The fourth-order valence-corrected chi connectivity index (χ4v) is 3.04. The van der Waals surface area contributed by atoms with Crippen molar-refractivity contribution in [3.63, 3.8) is 0 Å². The lowest BCUT2D eigenvalue weighted by Gasteiger charge is -2.42. The SMILES string of the molecule is C=C[C@@](C)(CCC=C(C)C)[C@H](O)[C@H]1O[C@@H](c2ccccc2)OC[C@H]1O. The maximum Gasteiger partial charge on any atom is 0.184 e. The predicted molar refractivity (Wildman–Crippen MR) is 99.0 cm³/mol. The first-order valence-electron chi connectivity index (χ1n) is 8.82. The Balaban J connectivity index is 2.12. The molecule has 2 rings (SSSR count). The summed E-state index contributed by atoms with van der Waals surface area (Å²) in [7, 11) is 0. The second-order valence-corrected chi connectivity index (χ2v) is 7.22. The molecule has 4 nitrogen and oxygen atoms in total. The minimum absolute atomic E-state index is 0.127. The molecule has 0 unspecified atom stereocenters. The Labute approximate surface area is 150 Å². The van der Waals surface area contributed by atoms with Crippen LogP contribution in [0.25, 0.3) is 0 Å². The van der Waals surface area contributed by atoms with Crippen LogP contribution in [0.2, 0.25) is 0 Å². The van der Waals surface area contributed by atoms with Crippen molar-refractivity contribution < 1.29 is 19.7 Å². The van der Waals surface area contributed by atoms with E-state index in [9.17, 15) is 10.2 Å². The molecule has 0 aromatic heterocycles. The molecule has 0 radical (unpaired) electrons. The highest BCUT2D eigenvalue weighted by Gasteiger charge is 2.43. The Morgan fingerprint density at radius 1 is 1.36 bits per heavy atom. The highest BCUT2D eigenvalue weighted by Crippen LogP contribution is 2.37. The van der Waals surface area contributed by atoms with Gasteiger partial charge in [0.25, 0.3) is 0 Å². The van der Waals surface area contributed by atoms with Gasteiger partial charge < -0.3 is 19.7 Å². The van der Waals surface area contributed by atoms with Crippen molar-refractivity contribution >= 4 is 0 Å². The Kier molecular flexibility index (Phi) is 6.96. The quantitative estimate of drug-likeness (QED) is 0.738. The van der Waals surface area contributed by atoms with Crippen LogP contribution in [-0.4, -0.2) is 35.1 Å². The normalized spacial score (nSPS) is 27.2. The summed E-state index contributed by atoms with van der Waals surface area (Å²) in [6.07, 6.45) is 2.40. The summed E-state index contributed by atoms with van der Waals surface area (Å²) < 4.78 is 11.5. The smallest absolute Gasteiger partial charge is 0.184 e. The molecule has 2 N–H and O–H groups in total. The van der Waals surface area contributed by atoms with E-state index in [0.29, 0.717) is 0 Å². The van der Waals surface area contributed by atoms with Crippen molar-refractivity contribution in [1.29, 1.82) is 0 Å². The summed E-state index contributed by atoms with van der Waals surface area (Å²) in [5, 5.41) is 21.3. The van der Waals surface area contributed by atoms with Crippen molar-refractivity contribution in [2.24, 2.45) is 5.41 Å². The summed E-state index contributed by atoms with van der Waals surface area (Å²) >= 11 is 0. The molecule has 0 amide bonds. The first kappa shape index (κ1) is 19.9. The first-order chi connectivity index (χ1) is 11.9. The van der Waals surface area contributed by atoms with Crippen LogP contribution in [0.3, 0.4) is 0 Å². The van der Waals surface area contributed by atoms with Gasteiger partial charge in [-0.2, -0.15) is 0 Å². The summed E-state index contributed by atoms with van der Waals surface area (Å²) in [5.74, 6) is 0. The molecular formula is C21H30O4. The van der Waals surface area contributed by atoms with Crippen LogP contribution < -0.4 is 0 Å². The molecule has 5 atom stereocenters. The number of aliphatic hydroxyl groups excluding tert-OH is 2. The first-order valence-corrected chi connectivity index (χ1v) is 8.82. The molecular weight excluding hydrogens is 316 g/mol. The van der Waals surface area contributed by atoms with Crippen molar-refractivity contribution in [2.75, 3.05) is 6.61 Å². The maximum absolute atomic E-state index is 11.0. The van der Waals surface area contributed by atoms with Crippen LogP contribution in [0.5, 0.6) is 0 Å². The summed E-state index contributed by atoms with van der Waals surface area (Å²) in [6, 6.07) is 9.56. The third-order valence-electron chi connectivity index (χ3n) is 4.84. The Bertz CT molecular complexity index is 579. The van der Waals surface area contributed by atoms with Crippen LogP contribution in [0.15, 0.2) is 54.6 Å². The highest BCUT2D eigenvalue weighted by atomic mass is 16.7. The number of allylic oxidation sites excluding steroid dienone is 2. The van der Waals surface area contributed by atoms with E-state index in [0.717, 1.165) is 18.4 Å². The molecule has 0 aliphatic carbocycles. The van der Waals surface area contributed by atoms with Crippen LogP contribution in [0, 0.1) is 5.41 Å². The third-order valence-corrected chi connectivity index (χ3v) is 4.84. The molecule has 1 aromatic rings. The van der Waals surface area contributed by atoms with Crippen molar-refractivity contribution in [3.05, 3.63) is 60.2 Å². The lowest BCUT2D eigenvalue weighted by atomic mass is 9.76. The van der Waals surface area contributed by atoms with Gasteiger partial charge in [-0.3, -0.25) is 0 Å². The molecule has 1 fully saturated rings. The fourth-order valence-electron chi connectivity index (χ4n) is 3.04. The fraction of sp³-hybridized carbons (Fsp3) is 0.524. The van der Waals surface area contributed by atoms with Gasteiger partial charge in [0.1, 0.15) is 12.2 Å². The lowest BCUT2D eigenvalue weighted by molar-refractivity contribution is -0.283. The van der Waals surface area contributed by atoms with E-state index in [1.54, 1.807) is 6.08 Å². The third kappa shape index (κ3) is 5.02. The zero-order valence-electron chi connectivity index (χ0n) is 15.4. The van der Waals surface area contributed by atoms with Crippen LogP contribution >= 0.6 is 0 Å². The average molecular weight is 346 g/mol. The van der Waals surface area contributed by atoms with E-state index in [4.69, 9.17) is 9.47 Å². The number of aliphatic hydroxyl groups is 2. The maximum atomic E-state index is 11.0. The van der Waals surface area contributed by atoms with E-state index < -0.39 is 30.0 Å². The van der Waals surface area contributed by atoms with Crippen LogP contribution in [-0.2, 0) is 9.47 Å². The van der Waals surface area contributed by atoms with Gasteiger partial charge in [0.05, 0.1) is 12.7 Å². The minimum atomic E-state index is -0.877. The van der Waals surface area contributed by atoms with E-state index in [-0.39, 0.29) is 6.61 Å². The Morgan fingerprint density at radius 2 is 2.04 bits per heavy atom. The van der Waals surface area contributed by atoms with Gasteiger partial charge in [0, 0.05) is 11.0 Å². The minimum Gasteiger partial charge on any atom is -0.389 e. The topological polar surface area (TPSA) is 58.9 Å². The lowest BCUT2D eigenvalue weighted by Crippen LogP contribution is -2.52. The van der Waals surface area contributed by atoms with Gasteiger partial charge in [-0.1, -0.05) is 55.0 Å². The molecule has 25 heavy (non-hydrogen) atoms. The molecule has 1 aliphatic heterocycles.